The summed E-state index contributed by atoms with van der Waals surface area (Å²) in [5, 5.41) is 1.31. The molecule has 34 heavy (non-hydrogen) atoms. The molecule has 0 aliphatic heterocycles. The number of thiazole rings is 1. The predicted octanol–water partition coefficient (Wildman–Crippen LogP) is 7.53. The van der Waals surface area contributed by atoms with E-state index in [2.05, 4.69) is 26.0 Å². The maximum Gasteiger partial charge on any atom is 0.278 e. The molecule has 0 spiro atoms. The van der Waals surface area contributed by atoms with E-state index in [-0.39, 0.29) is 5.56 Å². The highest BCUT2D eigenvalue weighted by atomic mass is 35.5. The normalized spacial score (nSPS) is 11.3. The van der Waals surface area contributed by atoms with Crippen LogP contribution in [0.2, 0.25) is 5.02 Å². The first kappa shape index (κ1) is 23.1. The molecule has 0 fully saturated rings. The minimum atomic E-state index is -0.117. The molecule has 0 N–H and O–H groups in total. The second kappa shape index (κ2) is 9.50. The molecule has 0 aliphatic rings. The van der Waals surface area contributed by atoms with Gasteiger partial charge in [-0.15, -0.1) is 0 Å². The van der Waals surface area contributed by atoms with Gasteiger partial charge in [0.05, 0.1) is 5.69 Å². The van der Waals surface area contributed by atoms with Gasteiger partial charge in [-0.3, -0.25) is 13.9 Å². The van der Waals surface area contributed by atoms with Crippen molar-refractivity contribution in [2.75, 3.05) is 0 Å². The van der Waals surface area contributed by atoms with Crippen LogP contribution in [0.3, 0.4) is 0 Å². The number of benzene rings is 3. The van der Waals surface area contributed by atoms with Crippen LogP contribution in [0.25, 0.3) is 21.7 Å². The van der Waals surface area contributed by atoms with Gasteiger partial charge in [0, 0.05) is 16.5 Å². The molecule has 5 aromatic rings. The molecule has 5 rings (SSSR count). The lowest BCUT2D eigenvalue weighted by molar-refractivity contribution is 0.811. The summed E-state index contributed by atoms with van der Waals surface area (Å²) in [4.78, 5) is 18.8. The summed E-state index contributed by atoms with van der Waals surface area (Å²) in [6.45, 7) is 4.15. The number of nitrogens with zero attached hydrogens (tertiary/aromatic N) is 3. The molecule has 0 radical (unpaired) electrons. The van der Waals surface area contributed by atoms with E-state index in [1.807, 2.05) is 65.2 Å². The summed E-state index contributed by atoms with van der Waals surface area (Å²) in [7, 11) is 0. The molecule has 4 nitrogen and oxygen atoms in total. The van der Waals surface area contributed by atoms with Crippen LogP contribution in [0.15, 0.2) is 82.7 Å². The van der Waals surface area contributed by atoms with E-state index in [0.717, 1.165) is 22.5 Å². The van der Waals surface area contributed by atoms with Crippen LogP contribution < -0.4 is 5.56 Å². The van der Waals surface area contributed by atoms with Gasteiger partial charge in [-0.05, 0) is 79.2 Å². The highest BCUT2D eigenvalue weighted by molar-refractivity contribution is 7.98. The van der Waals surface area contributed by atoms with E-state index in [1.54, 1.807) is 4.57 Å². The Morgan fingerprint density at radius 3 is 2.38 bits per heavy atom. The van der Waals surface area contributed by atoms with Crippen molar-refractivity contribution >= 4 is 57.3 Å². The average molecular weight is 522 g/mol. The van der Waals surface area contributed by atoms with Crippen LogP contribution in [0, 0.1) is 17.8 Å². The number of aryl methyl sites for hydroxylation is 2. The van der Waals surface area contributed by atoms with Gasteiger partial charge in [-0.2, -0.15) is 0 Å². The molecule has 0 saturated carbocycles. The Morgan fingerprint density at radius 1 is 0.941 bits per heavy atom. The lowest BCUT2D eigenvalue weighted by atomic mass is 10.1. The van der Waals surface area contributed by atoms with Crippen LogP contribution in [0.4, 0.5) is 0 Å². The molecule has 0 unspecified atom stereocenters. The quantitative estimate of drug-likeness (QED) is 0.136. The molecule has 0 bridgehead atoms. The number of halogens is 1. The zero-order valence-electron chi connectivity index (χ0n) is 18.5. The fraction of sp³-hybridized carbons (Fsp3) is 0.115. The summed E-state index contributed by atoms with van der Waals surface area (Å²) in [6.07, 6.45) is 0. The highest BCUT2D eigenvalue weighted by Crippen LogP contribution is 2.29. The van der Waals surface area contributed by atoms with E-state index in [1.165, 1.54) is 28.7 Å². The number of rotatable bonds is 5. The molecule has 2 heterocycles. The van der Waals surface area contributed by atoms with E-state index in [0.29, 0.717) is 30.2 Å². The molecule has 0 atom stereocenters. The minimum absolute atomic E-state index is 0.117. The van der Waals surface area contributed by atoms with Crippen molar-refractivity contribution in [2.24, 2.45) is 0 Å². The third-order valence-electron chi connectivity index (χ3n) is 5.62. The maximum absolute atomic E-state index is 13.8. The minimum Gasteiger partial charge on any atom is -0.275 e. The molecule has 3 aromatic carbocycles. The third-order valence-corrected chi connectivity index (χ3v) is 8.23. The predicted molar refractivity (Wildman–Crippen MR) is 146 cm³/mol. The van der Waals surface area contributed by atoms with Crippen molar-refractivity contribution in [3.05, 3.63) is 109 Å². The monoisotopic (exact) mass is 521 g/mol. The molecule has 0 aliphatic carbocycles. The van der Waals surface area contributed by atoms with Crippen molar-refractivity contribution in [3.8, 4) is 11.4 Å². The van der Waals surface area contributed by atoms with Crippen molar-refractivity contribution in [3.63, 3.8) is 0 Å². The van der Waals surface area contributed by atoms with Gasteiger partial charge in [-0.1, -0.05) is 71.1 Å². The number of aromatic nitrogens is 3. The SMILES string of the molecule is Cc1ccc(-n2c(=S)sc3c(=O)n(-c4ccccc4)c(SCc4ccc(Cl)cc4)nc32)cc1C. The molecule has 2 aromatic heterocycles. The zero-order valence-corrected chi connectivity index (χ0v) is 21.7. The Labute approximate surface area is 215 Å². The van der Waals surface area contributed by atoms with E-state index in [9.17, 15) is 4.79 Å². The van der Waals surface area contributed by atoms with Crippen LogP contribution in [0.1, 0.15) is 16.7 Å². The van der Waals surface area contributed by atoms with Crippen LogP contribution in [-0.4, -0.2) is 14.1 Å². The lowest BCUT2D eigenvalue weighted by Crippen LogP contribution is -2.21. The maximum atomic E-state index is 13.8. The summed E-state index contributed by atoms with van der Waals surface area (Å²) in [6, 6.07) is 23.5. The fourth-order valence-electron chi connectivity index (χ4n) is 3.66. The summed E-state index contributed by atoms with van der Waals surface area (Å²) in [5.74, 6) is 0.649. The van der Waals surface area contributed by atoms with E-state index < -0.39 is 0 Å². The van der Waals surface area contributed by atoms with E-state index in [4.69, 9.17) is 28.8 Å². The van der Waals surface area contributed by atoms with Gasteiger partial charge in [-0.25, -0.2) is 4.98 Å². The Hall–Kier alpha value is -2.71. The molecular formula is C26H20ClN3OS3. The number of thioether (sulfide) groups is 1. The van der Waals surface area contributed by atoms with Gasteiger partial charge in [0.2, 0.25) is 0 Å². The van der Waals surface area contributed by atoms with Gasteiger partial charge < -0.3 is 0 Å². The molecule has 0 saturated heterocycles. The smallest absolute Gasteiger partial charge is 0.275 e. The van der Waals surface area contributed by atoms with E-state index >= 15 is 0 Å². The first-order chi connectivity index (χ1) is 16.4. The standard InChI is InChI=1S/C26H20ClN3OS3/c1-16-8-13-21(14-17(16)2)29-23-22(34-26(29)32)24(31)30(20-6-4-3-5-7-20)25(28-23)33-15-18-9-11-19(27)12-10-18/h3-14H,15H2,1-2H3. The summed E-state index contributed by atoms with van der Waals surface area (Å²) < 4.78 is 4.73. The third kappa shape index (κ3) is 4.36. The number of para-hydroxylation sites is 1. The van der Waals surface area contributed by atoms with Crippen molar-refractivity contribution in [1.29, 1.82) is 0 Å². The second-order valence-electron chi connectivity index (χ2n) is 7.91. The first-order valence-electron chi connectivity index (χ1n) is 10.6. The fourth-order valence-corrected chi connectivity index (χ4v) is 6.05. The van der Waals surface area contributed by atoms with Gasteiger partial charge in [0.1, 0.15) is 4.70 Å². The van der Waals surface area contributed by atoms with Gasteiger partial charge in [0.25, 0.3) is 5.56 Å². The van der Waals surface area contributed by atoms with Crippen molar-refractivity contribution < 1.29 is 0 Å². The largest absolute Gasteiger partial charge is 0.278 e. The van der Waals surface area contributed by atoms with Crippen molar-refractivity contribution in [2.45, 2.75) is 24.8 Å². The van der Waals surface area contributed by atoms with Gasteiger partial charge in [0.15, 0.2) is 14.8 Å². The molecule has 0 amide bonds. The first-order valence-corrected chi connectivity index (χ1v) is 13.2. The van der Waals surface area contributed by atoms with Gasteiger partial charge >= 0.3 is 0 Å². The average Bonchev–Trinajstić information content (AvgIpc) is 3.17. The lowest BCUT2D eigenvalue weighted by Gasteiger charge is -2.13. The Bertz CT molecular complexity index is 1620. The van der Waals surface area contributed by atoms with Crippen LogP contribution in [0.5, 0.6) is 0 Å². The topological polar surface area (TPSA) is 39.8 Å². The highest BCUT2D eigenvalue weighted by Gasteiger charge is 2.19. The number of hydrogen-bond donors (Lipinski definition) is 0. The van der Waals surface area contributed by atoms with Crippen LogP contribution >= 0.6 is 46.9 Å². The van der Waals surface area contributed by atoms with Crippen LogP contribution in [-0.2, 0) is 5.75 Å². The summed E-state index contributed by atoms with van der Waals surface area (Å²) >= 11 is 14.6. The summed E-state index contributed by atoms with van der Waals surface area (Å²) in [5.41, 5.74) is 5.62. The Balaban J connectivity index is 1.71. The number of hydrogen-bond acceptors (Lipinski definition) is 5. The van der Waals surface area contributed by atoms with Crippen molar-refractivity contribution in [1.82, 2.24) is 14.1 Å². The zero-order chi connectivity index (χ0) is 23.8. The Morgan fingerprint density at radius 2 is 1.68 bits per heavy atom. The Kier molecular flexibility index (Phi) is 6.44. The second-order valence-corrected chi connectivity index (χ2v) is 10.9. The molecule has 8 heteroatoms. The molecular weight excluding hydrogens is 502 g/mol. The molecule has 170 valence electrons. The number of fused-ring (bicyclic) bond motifs is 1.